The Morgan fingerprint density at radius 1 is 1.27 bits per heavy atom. The highest BCUT2D eigenvalue weighted by atomic mass is 16.5. The molecule has 1 aromatic carbocycles. The van der Waals surface area contributed by atoms with Crippen molar-refractivity contribution in [1.82, 2.24) is 10.2 Å². The third-order valence-corrected chi connectivity index (χ3v) is 4.65. The Bertz CT molecular complexity index is 689. The number of nitrogens with two attached hydrogens (primary N) is 1. The van der Waals surface area contributed by atoms with E-state index in [1.54, 1.807) is 7.11 Å². The van der Waals surface area contributed by atoms with Gasteiger partial charge in [-0.1, -0.05) is 38.1 Å². The van der Waals surface area contributed by atoms with Gasteiger partial charge < -0.3 is 25.8 Å². The number of carboxylic acid groups (broad SMARTS) is 1. The molecular weight excluding hydrogens is 382 g/mol. The van der Waals surface area contributed by atoms with Gasteiger partial charge in [0, 0.05) is 25.1 Å². The van der Waals surface area contributed by atoms with Crippen LogP contribution < -0.4 is 15.8 Å². The summed E-state index contributed by atoms with van der Waals surface area (Å²) < 4.78 is 5.43. The van der Waals surface area contributed by atoms with Gasteiger partial charge in [0.2, 0.25) is 5.91 Å². The molecule has 2 amide bonds. The molecule has 0 fully saturated rings. The Balaban J connectivity index is 2.52. The molecule has 0 aliphatic heterocycles. The molecule has 30 heavy (non-hydrogen) atoms. The third-order valence-electron chi connectivity index (χ3n) is 4.65. The Labute approximate surface area is 180 Å². The molecule has 0 atom stereocenters. The van der Waals surface area contributed by atoms with Crippen molar-refractivity contribution in [2.45, 2.75) is 59.0 Å². The van der Waals surface area contributed by atoms with Gasteiger partial charge in [-0.3, -0.25) is 4.79 Å². The molecule has 1 aromatic rings. The minimum absolute atomic E-state index is 0.0321. The minimum Gasteiger partial charge on any atom is -0.496 e. The first-order chi connectivity index (χ1) is 14.4. The van der Waals surface area contributed by atoms with Crippen LogP contribution in [0.4, 0.5) is 4.79 Å². The van der Waals surface area contributed by atoms with Crippen molar-refractivity contribution < 1.29 is 19.4 Å². The van der Waals surface area contributed by atoms with Crippen LogP contribution in [0.2, 0.25) is 0 Å². The van der Waals surface area contributed by atoms with Gasteiger partial charge in [-0.05, 0) is 49.8 Å². The van der Waals surface area contributed by atoms with Gasteiger partial charge >= 0.3 is 6.09 Å². The number of hydrogen-bond acceptors (Lipinski definition) is 4. The summed E-state index contributed by atoms with van der Waals surface area (Å²) in [4.78, 5) is 24.8. The van der Waals surface area contributed by atoms with Crippen LogP contribution in [0.3, 0.4) is 0 Å². The minimum atomic E-state index is -0.985. The zero-order chi connectivity index (χ0) is 22.4. The van der Waals surface area contributed by atoms with Crippen LogP contribution in [0.15, 0.2) is 30.4 Å². The first kappa shape index (κ1) is 25.5. The fourth-order valence-electron chi connectivity index (χ4n) is 2.96. The van der Waals surface area contributed by atoms with Gasteiger partial charge in [0.15, 0.2) is 0 Å². The van der Waals surface area contributed by atoms with E-state index >= 15 is 0 Å². The normalized spacial score (nSPS) is 11.1. The summed E-state index contributed by atoms with van der Waals surface area (Å²) in [5.74, 6) is 1.21. The molecule has 168 valence electrons. The van der Waals surface area contributed by atoms with Crippen molar-refractivity contribution in [3.63, 3.8) is 0 Å². The zero-order valence-corrected chi connectivity index (χ0v) is 18.5. The number of rotatable bonds is 14. The Kier molecular flexibility index (Phi) is 12.3. The Hall–Kier alpha value is -2.54. The Morgan fingerprint density at radius 2 is 2.03 bits per heavy atom. The number of carbonyl (C=O) groups is 2. The van der Waals surface area contributed by atoms with Crippen LogP contribution in [0.1, 0.15) is 57.1 Å². The zero-order valence-electron chi connectivity index (χ0n) is 18.5. The number of ether oxygens (including phenoxy) is 1. The first-order valence-corrected chi connectivity index (χ1v) is 10.6. The number of unbranched alkanes of at least 4 members (excludes halogenated alkanes) is 2. The van der Waals surface area contributed by atoms with E-state index in [1.165, 1.54) is 4.90 Å². The quantitative estimate of drug-likeness (QED) is 0.313. The highest BCUT2D eigenvalue weighted by Crippen LogP contribution is 2.22. The van der Waals surface area contributed by atoms with Crippen molar-refractivity contribution in [2.24, 2.45) is 11.7 Å². The van der Waals surface area contributed by atoms with E-state index in [2.05, 4.69) is 31.3 Å². The lowest BCUT2D eigenvalue weighted by atomic mass is 10.1. The van der Waals surface area contributed by atoms with Gasteiger partial charge in [0.25, 0.3) is 0 Å². The third kappa shape index (κ3) is 10.3. The predicted octanol–water partition coefficient (Wildman–Crippen LogP) is 3.91. The smallest absolute Gasteiger partial charge is 0.407 e. The first-order valence-electron chi connectivity index (χ1n) is 10.6. The van der Waals surface area contributed by atoms with Crippen LogP contribution in [-0.2, 0) is 17.9 Å². The number of nitrogens with one attached hydrogen (secondary N) is 1. The van der Waals surface area contributed by atoms with Crippen LogP contribution in [0.5, 0.6) is 5.75 Å². The molecule has 0 unspecified atom stereocenters. The number of benzene rings is 1. The van der Waals surface area contributed by atoms with Crippen LogP contribution in [-0.4, -0.2) is 42.2 Å². The summed E-state index contributed by atoms with van der Waals surface area (Å²) in [5.41, 5.74) is 7.17. The van der Waals surface area contributed by atoms with Gasteiger partial charge in [-0.25, -0.2) is 4.79 Å². The molecular formula is C23H37N3O4. The average molecular weight is 420 g/mol. The van der Waals surface area contributed by atoms with Gasteiger partial charge in [-0.15, -0.1) is 0 Å². The van der Waals surface area contributed by atoms with Crippen molar-refractivity contribution >= 4 is 12.0 Å². The lowest BCUT2D eigenvalue weighted by Gasteiger charge is -2.20. The second-order valence-corrected chi connectivity index (χ2v) is 7.69. The van der Waals surface area contributed by atoms with E-state index in [-0.39, 0.29) is 12.5 Å². The van der Waals surface area contributed by atoms with Crippen LogP contribution in [0.25, 0.3) is 0 Å². The van der Waals surface area contributed by atoms with Crippen molar-refractivity contribution in [3.8, 4) is 5.75 Å². The molecule has 0 radical (unpaired) electrons. The summed E-state index contributed by atoms with van der Waals surface area (Å²) in [6.45, 7) is 5.76. The van der Waals surface area contributed by atoms with Crippen molar-refractivity contribution in [1.29, 1.82) is 0 Å². The fraction of sp³-hybridized carbons (Fsp3) is 0.565. The number of allylic oxidation sites excluding steroid dienone is 2. The second-order valence-electron chi connectivity index (χ2n) is 7.69. The summed E-state index contributed by atoms with van der Waals surface area (Å²) in [5, 5.41) is 12.3. The summed E-state index contributed by atoms with van der Waals surface area (Å²) in [7, 11) is 1.56. The van der Waals surface area contributed by atoms with Crippen LogP contribution >= 0.6 is 0 Å². The fourth-order valence-corrected chi connectivity index (χ4v) is 2.96. The topological polar surface area (TPSA) is 105 Å². The number of methoxy groups -OCH3 is 1. The maximum absolute atomic E-state index is 12.1. The molecule has 7 heteroatoms. The molecule has 0 aliphatic carbocycles. The highest BCUT2D eigenvalue weighted by Gasteiger charge is 2.15. The highest BCUT2D eigenvalue weighted by molar-refractivity contribution is 5.75. The van der Waals surface area contributed by atoms with E-state index in [4.69, 9.17) is 10.5 Å². The van der Waals surface area contributed by atoms with E-state index < -0.39 is 6.09 Å². The van der Waals surface area contributed by atoms with E-state index in [0.29, 0.717) is 44.1 Å². The van der Waals surface area contributed by atoms with Gasteiger partial charge in [0.1, 0.15) is 5.75 Å². The molecule has 1 rings (SSSR count). The van der Waals surface area contributed by atoms with Crippen molar-refractivity contribution in [2.75, 3.05) is 20.2 Å². The van der Waals surface area contributed by atoms with Gasteiger partial charge in [0.05, 0.1) is 13.7 Å². The van der Waals surface area contributed by atoms with Crippen molar-refractivity contribution in [3.05, 3.63) is 41.5 Å². The van der Waals surface area contributed by atoms with E-state index in [1.807, 2.05) is 18.2 Å². The number of hydrogen-bond donors (Lipinski definition) is 3. The average Bonchev–Trinajstić information content (AvgIpc) is 2.72. The molecule has 4 N–H and O–H groups in total. The summed E-state index contributed by atoms with van der Waals surface area (Å²) >= 11 is 0. The SMILES string of the molecule is COc1cc(CNC(=O)CCCC/C=C/C(C)C)ccc1CN(CCCN)C(=O)O. The molecule has 0 saturated carbocycles. The molecule has 0 spiro atoms. The number of nitrogens with zero attached hydrogens (tertiary/aromatic N) is 1. The standard InChI is InChI=1S/C23H37N3O4/c1-18(2)9-6-4-5-7-10-22(27)25-16-19-11-12-20(21(15-19)30-3)17-26(23(28)29)14-8-13-24/h6,9,11-12,15,18H,4-5,7-8,10,13-14,16-17,24H2,1-3H3,(H,25,27)(H,28,29)/b9-6+. The largest absolute Gasteiger partial charge is 0.496 e. The molecule has 0 aliphatic rings. The maximum atomic E-state index is 12.1. The number of carbonyl (C=O) groups excluding carboxylic acids is 1. The monoisotopic (exact) mass is 419 g/mol. The van der Waals surface area contributed by atoms with Crippen LogP contribution in [0, 0.1) is 5.92 Å². The number of amides is 2. The molecule has 0 heterocycles. The molecule has 0 saturated heterocycles. The lowest BCUT2D eigenvalue weighted by molar-refractivity contribution is -0.121. The summed E-state index contributed by atoms with van der Waals surface area (Å²) in [6.07, 6.45) is 7.37. The lowest BCUT2D eigenvalue weighted by Crippen LogP contribution is -2.31. The molecule has 7 nitrogen and oxygen atoms in total. The summed E-state index contributed by atoms with van der Waals surface area (Å²) in [6, 6.07) is 5.58. The maximum Gasteiger partial charge on any atom is 0.407 e. The second kappa shape index (κ2) is 14.4. The Morgan fingerprint density at radius 3 is 2.67 bits per heavy atom. The molecule has 0 aromatic heterocycles. The van der Waals surface area contributed by atoms with E-state index in [9.17, 15) is 14.7 Å². The van der Waals surface area contributed by atoms with E-state index in [0.717, 1.165) is 30.4 Å². The molecule has 0 bridgehead atoms. The van der Waals surface area contributed by atoms with Gasteiger partial charge in [-0.2, -0.15) is 0 Å². The predicted molar refractivity (Wildman–Crippen MR) is 119 cm³/mol.